The first-order chi connectivity index (χ1) is 3.86. The van der Waals surface area contributed by atoms with Crippen molar-refractivity contribution in [1.82, 2.24) is 0 Å². The van der Waals surface area contributed by atoms with Crippen molar-refractivity contribution in [3.05, 3.63) is 0 Å². The van der Waals surface area contributed by atoms with Gasteiger partial charge in [-0.15, -0.1) is 0 Å². The van der Waals surface area contributed by atoms with Gasteiger partial charge in [0.05, 0.1) is 0 Å². The van der Waals surface area contributed by atoms with Gasteiger partial charge in [0.2, 0.25) is 0 Å². The summed E-state index contributed by atoms with van der Waals surface area (Å²) in [5.41, 5.74) is 0. The second-order valence-corrected chi connectivity index (χ2v) is 5.14. The summed E-state index contributed by atoms with van der Waals surface area (Å²) >= 11 is 2.08. The molecule has 0 heterocycles. The Morgan fingerprint density at radius 3 is 2.25 bits per heavy atom. The SMILES string of the molecule is [Sb][CH]1CC2CCC1C2. The van der Waals surface area contributed by atoms with Gasteiger partial charge in [-0.05, 0) is 0 Å². The Labute approximate surface area is 64.5 Å². The van der Waals surface area contributed by atoms with Crippen molar-refractivity contribution in [3.63, 3.8) is 0 Å². The second kappa shape index (κ2) is 1.90. The Hall–Kier alpha value is 0.818. The van der Waals surface area contributed by atoms with Crippen LogP contribution >= 0.6 is 0 Å². The van der Waals surface area contributed by atoms with Crippen LogP contribution < -0.4 is 0 Å². The zero-order valence-electron chi connectivity index (χ0n) is 5.01. The summed E-state index contributed by atoms with van der Waals surface area (Å²) < 4.78 is 1.13. The van der Waals surface area contributed by atoms with E-state index in [4.69, 9.17) is 0 Å². The van der Waals surface area contributed by atoms with Gasteiger partial charge in [-0.25, -0.2) is 0 Å². The third-order valence-corrected chi connectivity index (χ3v) is 4.51. The fourth-order valence-corrected chi connectivity index (χ4v) is 3.83. The predicted octanol–water partition coefficient (Wildman–Crippen LogP) is 1.76. The quantitative estimate of drug-likeness (QED) is 0.542. The first-order valence-corrected chi connectivity index (χ1v) is 5.01. The fraction of sp³-hybridized carbons (Fsp3) is 1.00. The molecule has 0 spiro atoms. The monoisotopic (exact) mass is 216 g/mol. The van der Waals surface area contributed by atoms with Crippen LogP contribution in [0, 0.1) is 11.8 Å². The van der Waals surface area contributed by atoms with E-state index in [-0.39, 0.29) is 0 Å². The first-order valence-electron chi connectivity index (χ1n) is 3.54. The predicted molar refractivity (Wildman–Crippen MR) is 35.0 cm³/mol. The third-order valence-electron chi connectivity index (χ3n) is 2.70. The van der Waals surface area contributed by atoms with E-state index in [0.717, 1.165) is 15.7 Å². The van der Waals surface area contributed by atoms with Crippen LogP contribution in [0.15, 0.2) is 0 Å². The molecule has 2 fully saturated rings. The number of fused-ring (bicyclic) bond motifs is 2. The van der Waals surface area contributed by atoms with Crippen LogP contribution in [0.4, 0.5) is 0 Å². The molecule has 3 atom stereocenters. The summed E-state index contributed by atoms with van der Waals surface area (Å²) in [6.07, 6.45) is 6.27. The summed E-state index contributed by atoms with van der Waals surface area (Å²) in [6, 6.07) is 0. The van der Waals surface area contributed by atoms with Crippen molar-refractivity contribution >= 4 is 23.0 Å². The number of hydrogen-bond acceptors (Lipinski definition) is 0. The Kier molecular flexibility index (Phi) is 1.33. The maximum atomic E-state index is 2.08. The molecule has 44 valence electrons. The molecule has 2 aliphatic carbocycles. The first kappa shape index (κ1) is 5.59. The molecule has 0 nitrogen and oxygen atoms in total. The standard InChI is InChI=1S/C7H11.Sb/c1-2-7-4-3-6(1)5-7;/h1,6-7H,2-5H2;. The molecule has 0 amide bonds. The summed E-state index contributed by atoms with van der Waals surface area (Å²) in [7, 11) is 0. The average Bonchev–Trinajstić information content (AvgIpc) is 2.23. The molecule has 2 saturated carbocycles. The molecule has 2 bridgehead atoms. The van der Waals surface area contributed by atoms with Crippen LogP contribution in [0.5, 0.6) is 0 Å². The molecule has 0 N–H and O–H groups in total. The van der Waals surface area contributed by atoms with Gasteiger partial charge >= 0.3 is 64.4 Å². The molecule has 0 aromatic carbocycles. The van der Waals surface area contributed by atoms with Gasteiger partial charge in [-0.3, -0.25) is 0 Å². The molecule has 0 saturated heterocycles. The van der Waals surface area contributed by atoms with Gasteiger partial charge in [0, 0.05) is 0 Å². The summed E-state index contributed by atoms with van der Waals surface area (Å²) in [6.45, 7) is 0. The van der Waals surface area contributed by atoms with Crippen LogP contribution in [-0.4, -0.2) is 23.0 Å². The Balaban J connectivity index is 2.11. The van der Waals surface area contributed by atoms with Gasteiger partial charge in [-0.2, -0.15) is 0 Å². The summed E-state index contributed by atoms with van der Waals surface area (Å²) in [5, 5.41) is 0. The van der Waals surface area contributed by atoms with Crippen molar-refractivity contribution in [1.29, 1.82) is 0 Å². The summed E-state index contributed by atoms with van der Waals surface area (Å²) in [5.74, 6) is 2.32. The third kappa shape index (κ3) is 0.727. The molecule has 0 aliphatic heterocycles. The van der Waals surface area contributed by atoms with E-state index in [2.05, 4.69) is 23.0 Å². The van der Waals surface area contributed by atoms with E-state index < -0.39 is 0 Å². The van der Waals surface area contributed by atoms with Crippen molar-refractivity contribution in [2.75, 3.05) is 0 Å². The molecular formula is C7H11Sb. The minimum atomic E-state index is 1.13. The van der Waals surface area contributed by atoms with Crippen LogP contribution in [0.2, 0.25) is 3.86 Å². The van der Waals surface area contributed by atoms with Gasteiger partial charge in [0.25, 0.3) is 0 Å². The molecule has 3 unspecified atom stereocenters. The van der Waals surface area contributed by atoms with E-state index in [0.29, 0.717) is 0 Å². The molecule has 2 rings (SSSR count). The summed E-state index contributed by atoms with van der Waals surface area (Å²) in [4.78, 5) is 0. The zero-order valence-corrected chi connectivity index (χ0v) is 7.56. The van der Waals surface area contributed by atoms with E-state index >= 15 is 0 Å². The van der Waals surface area contributed by atoms with Crippen molar-refractivity contribution < 1.29 is 0 Å². The molecule has 8 heavy (non-hydrogen) atoms. The van der Waals surface area contributed by atoms with Crippen LogP contribution in [0.1, 0.15) is 25.7 Å². The zero-order chi connectivity index (χ0) is 5.56. The maximum absolute atomic E-state index is 2.08. The topological polar surface area (TPSA) is 0 Å². The van der Waals surface area contributed by atoms with Gasteiger partial charge in [0.15, 0.2) is 0 Å². The van der Waals surface area contributed by atoms with Crippen molar-refractivity contribution in [3.8, 4) is 0 Å². The number of hydrogen-bond donors (Lipinski definition) is 0. The molecule has 0 aromatic heterocycles. The van der Waals surface area contributed by atoms with E-state index in [9.17, 15) is 0 Å². The van der Waals surface area contributed by atoms with Crippen LogP contribution in [0.3, 0.4) is 0 Å². The van der Waals surface area contributed by atoms with Gasteiger partial charge < -0.3 is 0 Å². The second-order valence-electron chi connectivity index (χ2n) is 3.24. The van der Waals surface area contributed by atoms with E-state index in [1.165, 1.54) is 0 Å². The minimum absolute atomic E-state index is 1.13. The molecule has 2 aliphatic rings. The molecule has 2 radical (unpaired) electrons. The number of rotatable bonds is 0. The fourth-order valence-electron chi connectivity index (χ4n) is 2.21. The van der Waals surface area contributed by atoms with E-state index in [1.807, 2.05) is 0 Å². The molecule has 0 aromatic rings. The normalized spacial score (nSPS) is 52.9. The van der Waals surface area contributed by atoms with E-state index in [1.54, 1.807) is 25.7 Å². The molecular weight excluding hydrogens is 206 g/mol. The Morgan fingerprint density at radius 1 is 1.12 bits per heavy atom. The van der Waals surface area contributed by atoms with Crippen molar-refractivity contribution in [2.45, 2.75) is 29.5 Å². The van der Waals surface area contributed by atoms with Crippen LogP contribution in [0.25, 0.3) is 0 Å². The van der Waals surface area contributed by atoms with Gasteiger partial charge in [-0.1, -0.05) is 0 Å². The average molecular weight is 217 g/mol. The molecule has 1 heteroatoms. The van der Waals surface area contributed by atoms with Crippen LogP contribution in [-0.2, 0) is 0 Å². The Bertz CT molecular complexity index is 98.6. The van der Waals surface area contributed by atoms with Gasteiger partial charge in [0.1, 0.15) is 0 Å². The van der Waals surface area contributed by atoms with Crippen molar-refractivity contribution in [2.24, 2.45) is 11.8 Å². The Morgan fingerprint density at radius 2 is 2.00 bits per heavy atom.